The predicted molar refractivity (Wildman–Crippen MR) is 84.7 cm³/mol. The van der Waals surface area contributed by atoms with Crippen LogP contribution in [0, 0.1) is 12.9 Å². The topological polar surface area (TPSA) is 35.0 Å². The van der Waals surface area contributed by atoms with Crippen LogP contribution in [0.15, 0.2) is 36.5 Å². The Labute approximate surface area is 131 Å². The minimum absolute atomic E-state index is 0.437. The summed E-state index contributed by atoms with van der Waals surface area (Å²) in [5.41, 5.74) is 3.49. The zero-order valence-corrected chi connectivity index (χ0v) is 12.8. The summed E-state index contributed by atoms with van der Waals surface area (Å²) in [5, 5.41) is 0. The zero-order chi connectivity index (χ0) is 15.1. The van der Waals surface area contributed by atoms with Crippen LogP contribution in [0.25, 0.3) is 21.0 Å². The first-order chi connectivity index (χ1) is 10.7. The first-order valence-electron chi connectivity index (χ1n) is 7.07. The second-order valence-electron chi connectivity index (χ2n) is 5.20. The van der Waals surface area contributed by atoms with Gasteiger partial charge in [0.25, 0.3) is 0 Å². The van der Waals surface area contributed by atoms with Gasteiger partial charge in [-0.25, -0.2) is 9.97 Å². The molecule has 0 amide bonds. The Bertz CT molecular complexity index is 860. The Morgan fingerprint density at radius 1 is 1.27 bits per heavy atom. The number of aryl methyl sites for hydroxylation is 1. The van der Waals surface area contributed by atoms with Crippen LogP contribution in [0.3, 0.4) is 0 Å². The van der Waals surface area contributed by atoms with Crippen LogP contribution in [0.5, 0.6) is 5.75 Å². The molecule has 5 heteroatoms. The predicted octanol–water partition coefficient (Wildman–Crippen LogP) is 4.25. The number of ether oxygens (including phenoxy) is 1. The summed E-state index contributed by atoms with van der Waals surface area (Å²) in [6.07, 6.45) is 2.26. The summed E-state index contributed by atoms with van der Waals surface area (Å²) in [6.45, 7) is 2.57. The monoisotopic (exact) mass is 312 g/mol. The standard InChI is InChI=1S/C17H13FN2OS/c1-10-4-5-13-15(20-10)16-11(6-8-21-13)9-14(22-16)12-3-2-7-19-17(12)18/h2-5,7,9H,6,8H2,1H3. The largest absolute Gasteiger partial charge is 0.491 e. The molecule has 0 saturated carbocycles. The second kappa shape index (κ2) is 5.18. The molecule has 0 aromatic carbocycles. The molecule has 3 nitrogen and oxygen atoms in total. The number of nitrogens with zero attached hydrogens (tertiary/aromatic N) is 2. The van der Waals surface area contributed by atoms with Crippen molar-refractivity contribution in [2.75, 3.05) is 6.61 Å². The van der Waals surface area contributed by atoms with Crippen molar-refractivity contribution in [2.24, 2.45) is 0 Å². The van der Waals surface area contributed by atoms with E-state index in [2.05, 4.69) is 9.97 Å². The molecule has 0 saturated heterocycles. The van der Waals surface area contributed by atoms with Gasteiger partial charge in [-0.3, -0.25) is 0 Å². The lowest BCUT2D eigenvalue weighted by Gasteiger charge is -2.06. The first kappa shape index (κ1) is 13.4. The number of hydrogen-bond acceptors (Lipinski definition) is 4. The van der Waals surface area contributed by atoms with Gasteiger partial charge < -0.3 is 4.74 Å². The Hall–Kier alpha value is -2.27. The molecule has 0 unspecified atom stereocenters. The summed E-state index contributed by atoms with van der Waals surface area (Å²) in [6, 6.07) is 9.44. The average Bonchev–Trinajstić information content (AvgIpc) is 2.86. The SMILES string of the molecule is Cc1ccc2c(n1)-c1sc(-c3cccnc3F)cc1CCO2. The normalized spacial score (nSPS) is 13.0. The molecule has 0 atom stereocenters. The van der Waals surface area contributed by atoms with Gasteiger partial charge in [0.15, 0.2) is 0 Å². The van der Waals surface area contributed by atoms with E-state index < -0.39 is 5.95 Å². The van der Waals surface area contributed by atoms with Gasteiger partial charge in [-0.05, 0) is 42.8 Å². The highest BCUT2D eigenvalue weighted by Crippen LogP contribution is 2.43. The van der Waals surface area contributed by atoms with Crippen molar-refractivity contribution >= 4 is 11.3 Å². The van der Waals surface area contributed by atoms with Crippen LogP contribution in [0.1, 0.15) is 11.3 Å². The first-order valence-corrected chi connectivity index (χ1v) is 7.88. The molecule has 0 fully saturated rings. The van der Waals surface area contributed by atoms with Crippen LogP contribution >= 0.6 is 11.3 Å². The number of aromatic nitrogens is 2. The van der Waals surface area contributed by atoms with Gasteiger partial charge in [-0.15, -0.1) is 11.3 Å². The van der Waals surface area contributed by atoms with Crippen LogP contribution in [-0.4, -0.2) is 16.6 Å². The Morgan fingerprint density at radius 2 is 2.18 bits per heavy atom. The highest BCUT2D eigenvalue weighted by atomic mass is 32.1. The van der Waals surface area contributed by atoms with Crippen LogP contribution in [0.2, 0.25) is 0 Å². The van der Waals surface area contributed by atoms with E-state index in [0.717, 1.165) is 38.9 Å². The molecule has 0 radical (unpaired) electrons. The summed E-state index contributed by atoms with van der Waals surface area (Å²) >= 11 is 1.54. The van der Waals surface area contributed by atoms with E-state index in [9.17, 15) is 4.39 Å². The third-order valence-electron chi connectivity index (χ3n) is 3.68. The van der Waals surface area contributed by atoms with Crippen molar-refractivity contribution in [1.29, 1.82) is 0 Å². The lowest BCUT2D eigenvalue weighted by atomic mass is 10.1. The summed E-state index contributed by atoms with van der Waals surface area (Å²) in [4.78, 5) is 10.3. The summed E-state index contributed by atoms with van der Waals surface area (Å²) in [5.74, 6) is 0.358. The maximum absolute atomic E-state index is 13.9. The fraction of sp³-hybridized carbons (Fsp3) is 0.176. The van der Waals surface area contributed by atoms with E-state index in [-0.39, 0.29) is 0 Å². The smallest absolute Gasteiger partial charge is 0.221 e. The van der Waals surface area contributed by atoms with E-state index >= 15 is 0 Å². The number of fused-ring (bicyclic) bond motifs is 3. The van der Waals surface area contributed by atoms with Gasteiger partial charge in [0.05, 0.1) is 11.5 Å². The molecule has 3 aromatic rings. The number of pyridine rings is 2. The lowest BCUT2D eigenvalue weighted by Crippen LogP contribution is -1.98. The van der Waals surface area contributed by atoms with Gasteiger partial charge in [-0.1, -0.05) is 0 Å². The fourth-order valence-electron chi connectivity index (χ4n) is 2.61. The third kappa shape index (κ3) is 2.18. The summed E-state index contributed by atoms with van der Waals surface area (Å²) in [7, 11) is 0. The molecule has 110 valence electrons. The van der Waals surface area contributed by atoms with E-state index in [1.807, 2.05) is 25.1 Å². The molecule has 0 N–H and O–H groups in total. The molecule has 0 spiro atoms. The molecular weight excluding hydrogens is 299 g/mol. The molecule has 4 heterocycles. The molecule has 3 aromatic heterocycles. The third-order valence-corrected chi connectivity index (χ3v) is 4.89. The van der Waals surface area contributed by atoms with Crippen molar-refractivity contribution in [1.82, 2.24) is 9.97 Å². The molecular formula is C17H13FN2OS. The van der Waals surface area contributed by atoms with Gasteiger partial charge in [0, 0.05) is 28.8 Å². The highest BCUT2D eigenvalue weighted by molar-refractivity contribution is 7.19. The lowest BCUT2D eigenvalue weighted by molar-refractivity contribution is 0.325. The van der Waals surface area contributed by atoms with E-state index in [1.165, 1.54) is 6.20 Å². The van der Waals surface area contributed by atoms with Gasteiger partial charge in [0.2, 0.25) is 5.95 Å². The van der Waals surface area contributed by atoms with Crippen molar-refractivity contribution in [3.63, 3.8) is 0 Å². The van der Waals surface area contributed by atoms with E-state index in [0.29, 0.717) is 12.2 Å². The van der Waals surface area contributed by atoms with Crippen molar-refractivity contribution in [3.8, 4) is 26.8 Å². The van der Waals surface area contributed by atoms with Gasteiger partial charge in [0.1, 0.15) is 11.4 Å². The zero-order valence-electron chi connectivity index (χ0n) is 12.0. The Balaban J connectivity index is 1.91. The van der Waals surface area contributed by atoms with Crippen LogP contribution in [0.4, 0.5) is 4.39 Å². The molecule has 1 aliphatic heterocycles. The molecule has 0 bridgehead atoms. The summed E-state index contributed by atoms with van der Waals surface area (Å²) < 4.78 is 19.7. The Morgan fingerprint density at radius 3 is 3.05 bits per heavy atom. The number of thiophene rings is 1. The van der Waals surface area contributed by atoms with Gasteiger partial charge in [-0.2, -0.15) is 4.39 Å². The number of halogens is 1. The number of hydrogen-bond donors (Lipinski definition) is 0. The number of rotatable bonds is 1. The van der Waals surface area contributed by atoms with Crippen LogP contribution < -0.4 is 4.74 Å². The minimum atomic E-state index is -0.437. The quantitative estimate of drug-likeness (QED) is 0.630. The molecule has 1 aliphatic rings. The van der Waals surface area contributed by atoms with E-state index in [4.69, 9.17) is 4.74 Å². The molecule has 0 aliphatic carbocycles. The Kier molecular flexibility index (Phi) is 3.15. The van der Waals surface area contributed by atoms with Gasteiger partial charge >= 0.3 is 0 Å². The fourth-order valence-corrected chi connectivity index (χ4v) is 3.83. The molecule has 22 heavy (non-hydrogen) atoms. The van der Waals surface area contributed by atoms with E-state index in [1.54, 1.807) is 23.5 Å². The van der Waals surface area contributed by atoms with Crippen LogP contribution in [-0.2, 0) is 6.42 Å². The second-order valence-corrected chi connectivity index (χ2v) is 6.26. The minimum Gasteiger partial charge on any atom is -0.491 e. The maximum Gasteiger partial charge on any atom is 0.221 e. The maximum atomic E-state index is 13.9. The van der Waals surface area contributed by atoms with Crippen molar-refractivity contribution < 1.29 is 9.13 Å². The van der Waals surface area contributed by atoms with Crippen molar-refractivity contribution in [3.05, 3.63) is 53.7 Å². The highest BCUT2D eigenvalue weighted by Gasteiger charge is 2.21. The molecule has 4 rings (SSSR count). The van der Waals surface area contributed by atoms with Crippen molar-refractivity contribution in [2.45, 2.75) is 13.3 Å². The average molecular weight is 312 g/mol.